The number of rotatable bonds is 3. The number of aryl methyl sites for hydroxylation is 2. The molecule has 1 aromatic carbocycles. The standard InChI is InChI=1S/C17H19N5OS/c1-11-19-16-14(6-4-8-22(16)21-11)20-17(23)18-9-12-10-24-15-7-3-2-5-13(12)15/h2-3,5,7,10,14H,4,6,8-9H2,1H3,(H2,18,20,23)/t14-/m0/s1. The van der Waals surface area contributed by atoms with Gasteiger partial charge in [-0.1, -0.05) is 18.2 Å². The Morgan fingerprint density at radius 1 is 1.42 bits per heavy atom. The topological polar surface area (TPSA) is 71.8 Å². The molecule has 124 valence electrons. The number of carbonyl (C=O) groups is 1. The Morgan fingerprint density at radius 2 is 2.29 bits per heavy atom. The van der Waals surface area contributed by atoms with Crippen LogP contribution in [0, 0.1) is 6.92 Å². The summed E-state index contributed by atoms with van der Waals surface area (Å²) in [7, 11) is 0. The van der Waals surface area contributed by atoms with Crippen molar-refractivity contribution in [1.82, 2.24) is 25.4 Å². The van der Waals surface area contributed by atoms with E-state index in [0.717, 1.165) is 36.6 Å². The number of urea groups is 1. The molecule has 0 bridgehead atoms. The highest BCUT2D eigenvalue weighted by Crippen LogP contribution is 2.26. The largest absolute Gasteiger partial charge is 0.334 e. The molecule has 1 aliphatic heterocycles. The Labute approximate surface area is 143 Å². The third-order valence-electron chi connectivity index (χ3n) is 4.29. The molecular formula is C17H19N5OS. The summed E-state index contributed by atoms with van der Waals surface area (Å²) in [5, 5.41) is 13.7. The van der Waals surface area contributed by atoms with Crippen molar-refractivity contribution in [3.63, 3.8) is 0 Å². The molecule has 0 unspecified atom stereocenters. The van der Waals surface area contributed by atoms with E-state index in [2.05, 4.69) is 38.2 Å². The summed E-state index contributed by atoms with van der Waals surface area (Å²) in [6.45, 7) is 3.27. The van der Waals surface area contributed by atoms with E-state index in [9.17, 15) is 4.79 Å². The molecular weight excluding hydrogens is 322 g/mol. The van der Waals surface area contributed by atoms with Crippen LogP contribution < -0.4 is 10.6 Å². The molecule has 0 saturated carbocycles. The Balaban J connectivity index is 1.41. The molecule has 6 nitrogen and oxygen atoms in total. The summed E-state index contributed by atoms with van der Waals surface area (Å²) in [6, 6.07) is 8.01. The molecule has 7 heteroatoms. The van der Waals surface area contributed by atoms with E-state index < -0.39 is 0 Å². The lowest BCUT2D eigenvalue weighted by atomic mass is 10.1. The van der Waals surface area contributed by atoms with Crippen molar-refractivity contribution in [2.75, 3.05) is 0 Å². The van der Waals surface area contributed by atoms with E-state index in [1.54, 1.807) is 11.3 Å². The first-order chi connectivity index (χ1) is 11.7. The van der Waals surface area contributed by atoms with Crippen LogP contribution in [0.4, 0.5) is 4.79 Å². The number of carbonyl (C=O) groups excluding carboxylic acids is 1. The van der Waals surface area contributed by atoms with Crippen LogP contribution in [0.15, 0.2) is 29.6 Å². The van der Waals surface area contributed by atoms with Gasteiger partial charge in [-0.15, -0.1) is 11.3 Å². The van der Waals surface area contributed by atoms with Gasteiger partial charge in [-0.3, -0.25) is 0 Å². The maximum absolute atomic E-state index is 12.3. The first-order valence-corrected chi connectivity index (χ1v) is 8.99. The zero-order valence-corrected chi connectivity index (χ0v) is 14.3. The second-order valence-corrected chi connectivity index (χ2v) is 6.93. The normalized spacial score (nSPS) is 16.8. The third-order valence-corrected chi connectivity index (χ3v) is 5.30. The van der Waals surface area contributed by atoms with Crippen LogP contribution in [-0.4, -0.2) is 20.8 Å². The SMILES string of the molecule is Cc1nc2n(n1)CCC[C@@H]2NC(=O)NCc1csc2ccccc12. The van der Waals surface area contributed by atoms with Crippen LogP contribution in [-0.2, 0) is 13.1 Å². The average Bonchev–Trinajstić information content (AvgIpc) is 3.16. The minimum absolute atomic E-state index is 0.0702. The minimum Gasteiger partial charge on any atom is -0.334 e. The van der Waals surface area contributed by atoms with Gasteiger partial charge >= 0.3 is 6.03 Å². The lowest BCUT2D eigenvalue weighted by Gasteiger charge is -2.23. The van der Waals surface area contributed by atoms with E-state index in [0.29, 0.717) is 6.54 Å². The van der Waals surface area contributed by atoms with Gasteiger partial charge in [0.05, 0.1) is 6.04 Å². The van der Waals surface area contributed by atoms with Crippen molar-refractivity contribution in [2.45, 2.75) is 38.9 Å². The van der Waals surface area contributed by atoms with Gasteiger partial charge in [0, 0.05) is 17.8 Å². The van der Waals surface area contributed by atoms with Crippen LogP contribution >= 0.6 is 11.3 Å². The highest BCUT2D eigenvalue weighted by molar-refractivity contribution is 7.17. The fourth-order valence-electron chi connectivity index (χ4n) is 3.16. The molecule has 3 heterocycles. The van der Waals surface area contributed by atoms with Gasteiger partial charge < -0.3 is 10.6 Å². The fourth-order valence-corrected chi connectivity index (χ4v) is 4.12. The van der Waals surface area contributed by atoms with E-state index in [4.69, 9.17) is 0 Å². The summed E-state index contributed by atoms with van der Waals surface area (Å²) in [6.07, 6.45) is 1.89. The van der Waals surface area contributed by atoms with Gasteiger partial charge in [-0.05, 0) is 42.2 Å². The predicted molar refractivity (Wildman–Crippen MR) is 93.9 cm³/mol. The van der Waals surface area contributed by atoms with Crippen LogP contribution in [0.25, 0.3) is 10.1 Å². The number of hydrogen-bond acceptors (Lipinski definition) is 4. The molecule has 3 aromatic rings. The number of thiophene rings is 1. The Kier molecular flexibility index (Phi) is 3.93. The Hall–Kier alpha value is -2.41. The number of aromatic nitrogens is 3. The maximum Gasteiger partial charge on any atom is 0.315 e. The summed E-state index contributed by atoms with van der Waals surface area (Å²) < 4.78 is 3.14. The van der Waals surface area contributed by atoms with E-state index >= 15 is 0 Å². The predicted octanol–water partition coefficient (Wildman–Crippen LogP) is 3.14. The number of benzene rings is 1. The summed E-state index contributed by atoms with van der Waals surface area (Å²) >= 11 is 1.70. The number of hydrogen-bond donors (Lipinski definition) is 2. The van der Waals surface area contributed by atoms with Gasteiger partial charge in [-0.2, -0.15) is 5.10 Å². The molecule has 2 amide bonds. The summed E-state index contributed by atoms with van der Waals surface area (Å²) in [5.41, 5.74) is 1.15. The molecule has 0 radical (unpaired) electrons. The van der Waals surface area contributed by atoms with Gasteiger partial charge in [0.15, 0.2) is 0 Å². The number of amides is 2. The smallest absolute Gasteiger partial charge is 0.315 e. The maximum atomic E-state index is 12.3. The average molecular weight is 341 g/mol. The van der Waals surface area contributed by atoms with Crippen molar-refractivity contribution in [2.24, 2.45) is 0 Å². The number of fused-ring (bicyclic) bond motifs is 2. The second kappa shape index (κ2) is 6.24. The molecule has 2 N–H and O–H groups in total. The molecule has 0 fully saturated rings. The molecule has 4 rings (SSSR count). The third kappa shape index (κ3) is 2.87. The number of nitrogens with one attached hydrogen (secondary N) is 2. The van der Waals surface area contributed by atoms with Gasteiger partial charge in [0.1, 0.15) is 11.6 Å². The van der Waals surface area contributed by atoms with Gasteiger partial charge in [0.2, 0.25) is 0 Å². The first-order valence-electron chi connectivity index (χ1n) is 8.11. The van der Waals surface area contributed by atoms with Gasteiger partial charge in [0.25, 0.3) is 0 Å². The summed E-state index contributed by atoms with van der Waals surface area (Å²) in [5.74, 6) is 1.61. The molecule has 0 spiro atoms. The lowest BCUT2D eigenvalue weighted by molar-refractivity contribution is 0.232. The zero-order chi connectivity index (χ0) is 16.5. The quantitative estimate of drug-likeness (QED) is 0.769. The second-order valence-electron chi connectivity index (χ2n) is 6.02. The van der Waals surface area contributed by atoms with Crippen molar-refractivity contribution >= 4 is 27.5 Å². The monoisotopic (exact) mass is 341 g/mol. The van der Waals surface area contributed by atoms with E-state index in [1.807, 2.05) is 23.7 Å². The number of nitrogens with zero attached hydrogens (tertiary/aromatic N) is 3. The van der Waals surface area contributed by atoms with Crippen molar-refractivity contribution < 1.29 is 4.79 Å². The highest BCUT2D eigenvalue weighted by Gasteiger charge is 2.24. The van der Waals surface area contributed by atoms with Crippen molar-refractivity contribution in [1.29, 1.82) is 0 Å². The molecule has 0 aliphatic carbocycles. The molecule has 24 heavy (non-hydrogen) atoms. The van der Waals surface area contributed by atoms with Crippen LogP contribution in [0.2, 0.25) is 0 Å². The summed E-state index contributed by atoms with van der Waals surface area (Å²) in [4.78, 5) is 16.7. The van der Waals surface area contributed by atoms with Crippen molar-refractivity contribution in [3.8, 4) is 0 Å². The van der Waals surface area contributed by atoms with Crippen molar-refractivity contribution in [3.05, 3.63) is 46.9 Å². The molecule has 1 atom stereocenters. The lowest BCUT2D eigenvalue weighted by Crippen LogP contribution is -2.39. The first kappa shape index (κ1) is 15.1. The Morgan fingerprint density at radius 3 is 3.21 bits per heavy atom. The zero-order valence-electron chi connectivity index (χ0n) is 13.5. The van der Waals surface area contributed by atoms with E-state index in [1.165, 1.54) is 10.1 Å². The van der Waals surface area contributed by atoms with Crippen LogP contribution in [0.5, 0.6) is 0 Å². The Bertz CT molecular complexity index is 884. The highest BCUT2D eigenvalue weighted by atomic mass is 32.1. The molecule has 2 aromatic heterocycles. The van der Waals surface area contributed by atoms with Crippen LogP contribution in [0.1, 0.15) is 36.1 Å². The van der Waals surface area contributed by atoms with E-state index in [-0.39, 0.29) is 12.1 Å². The van der Waals surface area contributed by atoms with Crippen LogP contribution in [0.3, 0.4) is 0 Å². The van der Waals surface area contributed by atoms with Gasteiger partial charge in [-0.25, -0.2) is 14.5 Å². The minimum atomic E-state index is -0.163. The molecule has 0 saturated heterocycles. The fraction of sp³-hybridized carbons (Fsp3) is 0.353. The molecule has 1 aliphatic rings.